The lowest BCUT2D eigenvalue weighted by molar-refractivity contribution is -0.136. The van der Waals surface area contributed by atoms with Crippen molar-refractivity contribution in [2.24, 2.45) is 0 Å². The third kappa shape index (κ3) is 4.23. The lowest BCUT2D eigenvalue weighted by atomic mass is 9.98. The molecule has 0 saturated heterocycles. The number of carboxylic acids is 1. The number of aliphatic carboxylic acids is 1. The minimum atomic E-state index is -3.30. The molecule has 0 radical (unpaired) electrons. The molecular formula is C20H17ClO5S. The molecule has 0 heterocycles. The van der Waals surface area contributed by atoms with Crippen molar-refractivity contribution in [2.75, 3.05) is 6.26 Å². The zero-order chi connectivity index (χ0) is 19.8. The van der Waals surface area contributed by atoms with Crippen molar-refractivity contribution in [3.05, 3.63) is 64.7 Å². The topological polar surface area (TPSA) is 80.7 Å². The van der Waals surface area contributed by atoms with Crippen molar-refractivity contribution in [3.63, 3.8) is 0 Å². The molecule has 0 aliphatic rings. The summed E-state index contributed by atoms with van der Waals surface area (Å²) in [6, 6.07) is 13.2. The Hall–Kier alpha value is -2.57. The van der Waals surface area contributed by atoms with Gasteiger partial charge in [0.1, 0.15) is 11.5 Å². The number of carboxylic acid groups (broad SMARTS) is 1. The van der Waals surface area contributed by atoms with Gasteiger partial charge in [0.2, 0.25) is 0 Å². The number of halogens is 1. The second-order valence-corrected chi connectivity index (χ2v) is 8.72. The summed E-state index contributed by atoms with van der Waals surface area (Å²) in [4.78, 5) is 11.4. The number of carbonyl (C=O) groups is 1. The van der Waals surface area contributed by atoms with Gasteiger partial charge < -0.3 is 9.84 Å². The molecule has 0 aliphatic carbocycles. The van der Waals surface area contributed by atoms with Gasteiger partial charge in [-0.2, -0.15) is 0 Å². The summed E-state index contributed by atoms with van der Waals surface area (Å²) in [5, 5.41) is 11.3. The molecule has 0 aliphatic heterocycles. The summed E-state index contributed by atoms with van der Waals surface area (Å²) in [5.41, 5.74) is 1.33. The summed E-state index contributed by atoms with van der Waals surface area (Å²) in [6.07, 6.45) is 1.01. The Morgan fingerprint density at radius 3 is 2.37 bits per heavy atom. The first-order valence-corrected chi connectivity index (χ1v) is 10.3. The number of ether oxygens (including phenoxy) is 1. The van der Waals surface area contributed by atoms with Crippen LogP contribution in [0.4, 0.5) is 0 Å². The van der Waals surface area contributed by atoms with E-state index in [-0.39, 0.29) is 11.3 Å². The van der Waals surface area contributed by atoms with Crippen LogP contribution < -0.4 is 4.74 Å². The van der Waals surface area contributed by atoms with E-state index in [9.17, 15) is 18.3 Å². The molecule has 0 atom stereocenters. The molecule has 3 aromatic carbocycles. The maximum atomic E-state index is 11.6. The second kappa shape index (κ2) is 7.21. The fourth-order valence-electron chi connectivity index (χ4n) is 2.85. The fourth-order valence-corrected chi connectivity index (χ4v) is 3.65. The Morgan fingerprint density at radius 2 is 1.78 bits per heavy atom. The SMILES string of the molecule is Cc1c(CC(=O)O)cc2ccc(Cl)cc2c1Oc1ccc(S(C)(=O)=O)cc1. The van der Waals surface area contributed by atoms with Gasteiger partial charge in [0.15, 0.2) is 9.84 Å². The van der Waals surface area contributed by atoms with Crippen LogP contribution in [0.3, 0.4) is 0 Å². The van der Waals surface area contributed by atoms with E-state index in [1.165, 1.54) is 12.1 Å². The monoisotopic (exact) mass is 404 g/mol. The maximum Gasteiger partial charge on any atom is 0.307 e. The van der Waals surface area contributed by atoms with Gasteiger partial charge in [-0.05, 0) is 59.8 Å². The highest BCUT2D eigenvalue weighted by molar-refractivity contribution is 7.90. The summed E-state index contributed by atoms with van der Waals surface area (Å²) in [7, 11) is -3.30. The number of sulfone groups is 1. The number of benzene rings is 3. The van der Waals surface area contributed by atoms with E-state index < -0.39 is 15.8 Å². The predicted octanol–water partition coefficient (Wildman–Crippen LogP) is 4.62. The Balaban J connectivity index is 2.12. The average molecular weight is 405 g/mol. The summed E-state index contributed by atoms with van der Waals surface area (Å²) >= 11 is 6.12. The first-order valence-electron chi connectivity index (χ1n) is 8.06. The van der Waals surface area contributed by atoms with Gasteiger partial charge in [-0.3, -0.25) is 4.79 Å². The lowest BCUT2D eigenvalue weighted by Crippen LogP contribution is -2.03. The highest BCUT2D eigenvalue weighted by Gasteiger charge is 2.15. The first-order chi connectivity index (χ1) is 12.6. The molecular weight excluding hydrogens is 388 g/mol. The largest absolute Gasteiger partial charge is 0.481 e. The quantitative estimate of drug-likeness (QED) is 0.670. The zero-order valence-corrected chi connectivity index (χ0v) is 16.3. The van der Waals surface area contributed by atoms with Gasteiger partial charge in [-0.1, -0.05) is 23.7 Å². The molecule has 3 rings (SSSR count). The molecule has 5 nitrogen and oxygen atoms in total. The molecule has 1 N–H and O–H groups in total. The van der Waals surface area contributed by atoms with Gasteiger partial charge in [0.05, 0.1) is 11.3 Å². The van der Waals surface area contributed by atoms with Crippen molar-refractivity contribution in [2.45, 2.75) is 18.2 Å². The van der Waals surface area contributed by atoms with Gasteiger partial charge in [-0.25, -0.2) is 8.42 Å². The molecule has 140 valence electrons. The van der Waals surface area contributed by atoms with Gasteiger partial charge >= 0.3 is 5.97 Å². The standard InChI is InChI=1S/C20H17ClO5S/c1-12-14(10-19(22)23)9-13-3-4-15(21)11-18(13)20(12)26-16-5-7-17(8-6-16)27(2,24)25/h3-9,11H,10H2,1-2H3,(H,22,23). The Labute approximate surface area is 162 Å². The van der Waals surface area contributed by atoms with Crippen molar-refractivity contribution in [3.8, 4) is 11.5 Å². The zero-order valence-electron chi connectivity index (χ0n) is 14.7. The normalized spacial score (nSPS) is 11.5. The van der Waals surface area contributed by atoms with Gasteiger partial charge in [-0.15, -0.1) is 0 Å². The smallest absolute Gasteiger partial charge is 0.307 e. The lowest BCUT2D eigenvalue weighted by Gasteiger charge is -2.16. The summed E-state index contributed by atoms with van der Waals surface area (Å²) in [5.74, 6) is 0.00692. The highest BCUT2D eigenvalue weighted by Crippen LogP contribution is 2.37. The molecule has 0 unspecified atom stereocenters. The van der Waals surface area contributed by atoms with E-state index in [0.717, 1.165) is 17.0 Å². The van der Waals surface area contributed by atoms with E-state index in [4.69, 9.17) is 16.3 Å². The molecule has 0 fully saturated rings. The minimum absolute atomic E-state index is 0.131. The van der Waals surface area contributed by atoms with Crippen molar-refractivity contribution in [1.29, 1.82) is 0 Å². The second-order valence-electron chi connectivity index (χ2n) is 6.27. The summed E-state index contributed by atoms with van der Waals surface area (Å²) < 4.78 is 29.2. The van der Waals surface area contributed by atoms with Crippen LogP contribution in [0, 0.1) is 6.92 Å². The van der Waals surface area contributed by atoms with Crippen LogP contribution >= 0.6 is 11.6 Å². The molecule has 3 aromatic rings. The van der Waals surface area contributed by atoms with Crippen LogP contribution in [-0.2, 0) is 21.1 Å². The number of rotatable bonds is 5. The van der Waals surface area contributed by atoms with Crippen molar-refractivity contribution in [1.82, 2.24) is 0 Å². The van der Waals surface area contributed by atoms with E-state index in [1.54, 1.807) is 31.2 Å². The van der Waals surface area contributed by atoms with Crippen LogP contribution in [0.2, 0.25) is 5.02 Å². The molecule has 0 saturated carbocycles. The Kier molecular flexibility index (Phi) is 5.13. The first kappa shape index (κ1) is 19.2. The Bertz CT molecular complexity index is 1140. The van der Waals surface area contributed by atoms with E-state index in [2.05, 4.69) is 0 Å². The molecule has 7 heteroatoms. The average Bonchev–Trinajstić information content (AvgIpc) is 2.58. The Morgan fingerprint density at radius 1 is 1.11 bits per heavy atom. The molecule has 0 spiro atoms. The predicted molar refractivity (Wildman–Crippen MR) is 105 cm³/mol. The summed E-state index contributed by atoms with van der Waals surface area (Å²) in [6.45, 7) is 1.79. The number of fused-ring (bicyclic) bond motifs is 1. The van der Waals surface area contributed by atoms with Crippen LogP contribution in [-0.4, -0.2) is 25.7 Å². The van der Waals surface area contributed by atoms with Crippen LogP contribution in [0.5, 0.6) is 11.5 Å². The number of hydrogen-bond donors (Lipinski definition) is 1. The van der Waals surface area contributed by atoms with E-state index in [1.807, 2.05) is 12.1 Å². The highest BCUT2D eigenvalue weighted by atomic mass is 35.5. The van der Waals surface area contributed by atoms with E-state index in [0.29, 0.717) is 27.6 Å². The minimum Gasteiger partial charge on any atom is -0.481 e. The third-order valence-corrected chi connectivity index (χ3v) is 5.59. The van der Waals surface area contributed by atoms with Crippen molar-refractivity contribution >= 4 is 38.2 Å². The van der Waals surface area contributed by atoms with Gasteiger partial charge in [0, 0.05) is 16.7 Å². The van der Waals surface area contributed by atoms with Crippen molar-refractivity contribution < 1.29 is 23.1 Å². The van der Waals surface area contributed by atoms with Crippen LogP contribution in [0.15, 0.2) is 53.4 Å². The third-order valence-electron chi connectivity index (χ3n) is 4.23. The molecule has 0 aromatic heterocycles. The fraction of sp³-hybridized carbons (Fsp3) is 0.150. The maximum absolute atomic E-state index is 11.6. The molecule has 27 heavy (non-hydrogen) atoms. The van der Waals surface area contributed by atoms with Crippen LogP contribution in [0.25, 0.3) is 10.8 Å². The molecule has 0 amide bonds. The van der Waals surface area contributed by atoms with Gasteiger partial charge in [0.25, 0.3) is 0 Å². The number of hydrogen-bond acceptors (Lipinski definition) is 4. The van der Waals surface area contributed by atoms with E-state index >= 15 is 0 Å². The molecule has 0 bridgehead atoms. The van der Waals surface area contributed by atoms with Crippen LogP contribution in [0.1, 0.15) is 11.1 Å².